The molecular formula is C19H25ClN4O2. The normalized spacial score (nSPS) is 23.1. The first kappa shape index (κ1) is 18.9. The molecule has 1 saturated heterocycles. The van der Waals surface area contributed by atoms with Gasteiger partial charge in [-0.25, -0.2) is 0 Å². The molecule has 0 radical (unpaired) electrons. The fourth-order valence-corrected chi connectivity index (χ4v) is 4.02. The van der Waals surface area contributed by atoms with E-state index in [4.69, 9.17) is 10.3 Å². The number of halogens is 1. The number of hydrogen-bond acceptors (Lipinski definition) is 5. The van der Waals surface area contributed by atoms with Crippen LogP contribution in [0.2, 0.25) is 0 Å². The lowest BCUT2D eigenvalue weighted by Gasteiger charge is -2.24. The van der Waals surface area contributed by atoms with Crippen LogP contribution in [0.5, 0.6) is 0 Å². The van der Waals surface area contributed by atoms with E-state index >= 15 is 0 Å². The average molecular weight is 377 g/mol. The minimum absolute atomic E-state index is 0. The predicted molar refractivity (Wildman–Crippen MR) is 99.8 cm³/mol. The SMILES string of the molecule is CC(c1ccccc1)N1CC(c2nc(C3(N)CCCC3)no2)CC1=O.Cl. The molecule has 2 N–H and O–H groups in total. The van der Waals surface area contributed by atoms with Crippen LogP contribution in [-0.4, -0.2) is 27.5 Å². The van der Waals surface area contributed by atoms with Crippen LogP contribution in [0.15, 0.2) is 34.9 Å². The van der Waals surface area contributed by atoms with Gasteiger partial charge in [0.25, 0.3) is 0 Å². The fraction of sp³-hybridized carbons (Fsp3) is 0.526. The summed E-state index contributed by atoms with van der Waals surface area (Å²) in [5, 5.41) is 4.13. The topological polar surface area (TPSA) is 85.2 Å². The van der Waals surface area contributed by atoms with Crippen LogP contribution in [0.3, 0.4) is 0 Å². The standard InChI is InChI=1S/C19H24N4O2.ClH/c1-13(14-7-3-2-4-8-14)23-12-15(11-16(23)24)17-21-18(22-25-17)19(20)9-5-6-10-19;/h2-4,7-8,13,15H,5-6,9-12,20H2,1H3;1H. The third-order valence-corrected chi connectivity index (χ3v) is 5.64. The second-order valence-electron chi connectivity index (χ2n) is 7.35. The summed E-state index contributed by atoms with van der Waals surface area (Å²) >= 11 is 0. The van der Waals surface area contributed by atoms with E-state index in [0.29, 0.717) is 24.7 Å². The number of hydrogen-bond donors (Lipinski definition) is 1. The van der Waals surface area contributed by atoms with E-state index in [-0.39, 0.29) is 30.3 Å². The summed E-state index contributed by atoms with van der Waals surface area (Å²) in [4.78, 5) is 19.0. The Labute approximate surface area is 159 Å². The van der Waals surface area contributed by atoms with Crippen LogP contribution in [0.1, 0.15) is 68.3 Å². The summed E-state index contributed by atoms with van der Waals surface area (Å²) in [6.07, 6.45) is 4.41. The molecule has 1 amide bonds. The average Bonchev–Trinajstić information content (AvgIpc) is 3.35. The summed E-state index contributed by atoms with van der Waals surface area (Å²) in [7, 11) is 0. The number of amides is 1. The van der Waals surface area contributed by atoms with Crippen molar-refractivity contribution >= 4 is 18.3 Å². The van der Waals surface area contributed by atoms with Crippen LogP contribution in [0, 0.1) is 0 Å². The highest BCUT2D eigenvalue weighted by Crippen LogP contribution is 2.37. The molecule has 0 bridgehead atoms. The van der Waals surface area contributed by atoms with Gasteiger partial charge in [-0.3, -0.25) is 4.79 Å². The third-order valence-electron chi connectivity index (χ3n) is 5.64. The molecule has 1 aliphatic heterocycles. The summed E-state index contributed by atoms with van der Waals surface area (Å²) in [5.74, 6) is 1.22. The highest BCUT2D eigenvalue weighted by atomic mass is 35.5. The summed E-state index contributed by atoms with van der Waals surface area (Å²) in [6, 6.07) is 10.1. The molecule has 2 atom stereocenters. The lowest BCUT2D eigenvalue weighted by atomic mass is 9.98. The van der Waals surface area contributed by atoms with Gasteiger partial charge in [0.2, 0.25) is 11.8 Å². The van der Waals surface area contributed by atoms with Crippen molar-refractivity contribution in [2.24, 2.45) is 5.73 Å². The van der Waals surface area contributed by atoms with E-state index < -0.39 is 5.54 Å². The van der Waals surface area contributed by atoms with Crippen LogP contribution < -0.4 is 5.73 Å². The molecule has 2 fully saturated rings. The number of rotatable bonds is 4. The van der Waals surface area contributed by atoms with Gasteiger partial charge in [-0.1, -0.05) is 48.3 Å². The molecule has 4 rings (SSSR count). The number of nitrogens with zero attached hydrogens (tertiary/aromatic N) is 3. The number of aromatic nitrogens is 2. The molecule has 1 saturated carbocycles. The molecule has 1 aromatic carbocycles. The van der Waals surface area contributed by atoms with E-state index in [1.807, 2.05) is 35.2 Å². The maximum atomic E-state index is 12.5. The van der Waals surface area contributed by atoms with Crippen molar-refractivity contribution in [3.05, 3.63) is 47.6 Å². The lowest BCUT2D eigenvalue weighted by molar-refractivity contribution is -0.129. The predicted octanol–water partition coefficient (Wildman–Crippen LogP) is 3.30. The molecule has 1 aromatic heterocycles. The molecular weight excluding hydrogens is 352 g/mol. The van der Waals surface area contributed by atoms with Gasteiger partial charge < -0.3 is 15.2 Å². The largest absolute Gasteiger partial charge is 0.339 e. The fourth-order valence-electron chi connectivity index (χ4n) is 4.02. The number of benzene rings is 1. The van der Waals surface area contributed by atoms with Crippen molar-refractivity contribution in [2.75, 3.05) is 6.54 Å². The van der Waals surface area contributed by atoms with Crippen molar-refractivity contribution in [3.8, 4) is 0 Å². The smallest absolute Gasteiger partial charge is 0.232 e. The van der Waals surface area contributed by atoms with Crippen molar-refractivity contribution in [1.29, 1.82) is 0 Å². The molecule has 7 heteroatoms. The van der Waals surface area contributed by atoms with Crippen LogP contribution in [0.25, 0.3) is 0 Å². The summed E-state index contributed by atoms with van der Waals surface area (Å²) in [6.45, 7) is 2.66. The van der Waals surface area contributed by atoms with Gasteiger partial charge in [-0.15, -0.1) is 12.4 Å². The molecule has 2 aliphatic rings. The van der Waals surface area contributed by atoms with Gasteiger partial charge in [0.1, 0.15) is 0 Å². The summed E-state index contributed by atoms with van der Waals surface area (Å²) in [5.41, 5.74) is 7.09. The van der Waals surface area contributed by atoms with Crippen molar-refractivity contribution in [1.82, 2.24) is 15.0 Å². The Bertz CT molecular complexity index is 758. The maximum Gasteiger partial charge on any atom is 0.232 e. The van der Waals surface area contributed by atoms with E-state index in [1.54, 1.807) is 0 Å². The van der Waals surface area contributed by atoms with Crippen LogP contribution in [-0.2, 0) is 10.3 Å². The van der Waals surface area contributed by atoms with E-state index in [1.165, 1.54) is 0 Å². The van der Waals surface area contributed by atoms with Crippen molar-refractivity contribution in [2.45, 2.75) is 56.5 Å². The van der Waals surface area contributed by atoms with E-state index in [9.17, 15) is 4.79 Å². The molecule has 2 aromatic rings. The maximum absolute atomic E-state index is 12.5. The quantitative estimate of drug-likeness (QED) is 0.884. The highest BCUT2D eigenvalue weighted by Gasteiger charge is 2.40. The Morgan fingerprint density at radius 1 is 1.27 bits per heavy atom. The first-order chi connectivity index (χ1) is 12.1. The van der Waals surface area contributed by atoms with Gasteiger partial charge in [-0.05, 0) is 25.3 Å². The third kappa shape index (κ3) is 3.35. The van der Waals surface area contributed by atoms with Gasteiger partial charge in [0, 0.05) is 13.0 Å². The number of nitrogens with two attached hydrogens (primary N) is 1. The number of likely N-dealkylation sites (tertiary alicyclic amines) is 1. The van der Waals surface area contributed by atoms with Crippen LogP contribution in [0.4, 0.5) is 0 Å². The van der Waals surface area contributed by atoms with E-state index in [0.717, 1.165) is 31.2 Å². The Morgan fingerprint density at radius 2 is 1.96 bits per heavy atom. The zero-order valence-electron chi connectivity index (χ0n) is 14.9. The zero-order chi connectivity index (χ0) is 17.4. The Morgan fingerprint density at radius 3 is 2.65 bits per heavy atom. The van der Waals surface area contributed by atoms with Gasteiger partial charge in [-0.2, -0.15) is 4.98 Å². The molecule has 6 nitrogen and oxygen atoms in total. The molecule has 1 aliphatic carbocycles. The van der Waals surface area contributed by atoms with Crippen molar-refractivity contribution in [3.63, 3.8) is 0 Å². The zero-order valence-corrected chi connectivity index (χ0v) is 15.7. The molecule has 0 spiro atoms. The summed E-state index contributed by atoms with van der Waals surface area (Å²) < 4.78 is 5.49. The minimum Gasteiger partial charge on any atom is -0.339 e. The minimum atomic E-state index is -0.457. The van der Waals surface area contributed by atoms with Gasteiger partial charge >= 0.3 is 0 Å². The van der Waals surface area contributed by atoms with Crippen LogP contribution >= 0.6 is 12.4 Å². The number of carbonyl (C=O) groups is 1. The molecule has 2 heterocycles. The molecule has 140 valence electrons. The molecule has 2 unspecified atom stereocenters. The number of carbonyl (C=O) groups excluding carboxylic acids is 1. The van der Waals surface area contributed by atoms with Gasteiger partial charge in [0.05, 0.1) is 17.5 Å². The second-order valence-corrected chi connectivity index (χ2v) is 7.35. The first-order valence-electron chi connectivity index (χ1n) is 9.04. The first-order valence-corrected chi connectivity index (χ1v) is 9.04. The second kappa shape index (κ2) is 7.37. The van der Waals surface area contributed by atoms with E-state index in [2.05, 4.69) is 17.1 Å². The lowest BCUT2D eigenvalue weighted by Crippen LogP contribution is -2.34. The highest BCUT2D eigenvalue weighted by molar-refractivity contribution is 5.85. The monoisotopic (exact) mass is 376 g/mol. The van der Waals surface area contributed by atoms with Gasteiger partial charge in [0.15, 0.2) is 5.82 Å². The molecule has 26 heavy (non-hydrogen) atoms. The Balaban J connectivity index is 0.00000196. The van der Waals surface area contributed by atoms with Crippen molar-refractivity contribution < 1.29 is 9.32 Å². The Kier molecular flexibility index (Phi) is 5.34. The Hall–Kier alpha value is -1.92.